The maximum Gasteiger partial charge on any atom is 0.269 e. The van der Waals surface area contributed by atoms with Gasteiger partial charge in [-0.25, -0.2) is 0 Å². The third-order valence-corrected chi connectivity index (χ3v) is 4.49. The number of hydrazine groups is 1. The summed E-state index contributed by atoms with van der Waals surface area (Å²) in [4.78, 5) is 38.1. The van der Waals surface area contributed by atoms with Crippen LogP contribution >= 0.6 is 0 Å². The van der Waals surface area contributed by atoms with E-state index in [0.29, 0.717) is 12.1 Å². The largest absolute Gasteiger partial charge is 0.312 e. The summed E-state index contributed by atoms with van der Waals surface area (Å²) in [5.41, 5.74) is 7.24. The van der Waals surface area contributed by atoms with Crippen molar-refractivity contribution < 1.29 is 14.4 Å². The molecule has 1 heterocycles. The highest BCUT2D eigenvalue weighted by atomic mass is 16.2. The van der Waals surface area contributed by atoms with Crippen molar-refractivity contribution in [2.75, 3.05) is 11.4 Å². The van der Waals surface area contributed by atoms with Crippen LogP contribution in [0.25, 0.3) is 0 Å². The monoisotopic (exact) mass is 351 g/mol. The molecule has 1 aliphatic heterocycles. The van der Waals surface area contributed by atoms with Gasteiger partial charge in [-0.3, -0.25) is 25.2 Å². The minimum absolute atomic E-state index is 0.0937. The Bertz CT molecular complexity index is 803. The van der Waals surface area contributed by atoms with E-state index in [0.717, 1.165) is 12.1 Å². The Morgan fingerprint density at radius 2 is 1.73 bits per heavy atom. The first-order valence-electron chi connectivity index (χ1n) is 8.63. The molecule has 26 heavy (non-hydrogen) atoms. The lowest BCUT2D eigenvalue weighted by Gasteiger charge is -2.17. The molecular formula is C20H21N3O3. The Labute approximate surface area is 152 Å². The van der Waals surface area contributed by atoms with Gasteiger partial charge in [-0.1, -0.05) is 37.3 Å². The van der Waals surface area contributed by atoms with Crippen LogP contribution in [0.5, 0.6) is 0 Å². The summed E-state index contributed by atoms with van der Waals surface area (Å²) in [6.45, 7) is 2.37. The molecule has 3 amide bonds. The molecule has 2 aromatic rings. The summed E-state index contributed by atoms with van der Waals surface area (Å²) in [5.74, 6) is -1.35. The smallest absolute Gasteiger partial charge is 0.269 e. The van der Waals surface area contributed by atoms with Crippen LogP contribution in [0, 0.1) is 5.92 Å². The van der Waals surface area contributed by atoms with E-state index >= 15 is 0 Å². The van der Waals surface area contributed by atoms with Crippen LogP contribution in [-0.4, -0.2) is 24.3 Å². The van der Waals surface area contributed by atoms with E-state index in [4.69, 9.17) is 0 Å². The van der Waals surface area contributed by atoms with E-state index in [9.17, 15) is 14.4 Å². The molecule has 1 fully saturated rings. The van der Waals surface area contributed by atoms with Crippen molar-refractivity contribution in [1.82, 2.24) is 10.9 Å². The maximum absolute atomic E-state index is 12.3. The molecule has 0 aliphatic carbocycles. The number of carbonyl (C=O) groups is 3. The van der Waals surface area contributed by atoms with Crippen molar-refractivity contribution in [3.63, 3.8) is 0 Å². The molecule has 2 aromatic carbocycles. The van der Waals surface area contributed by atoms with Crippen molar-refractivity contribution in [2.24, 2.45) is 5.92 Å². The van der Waals surface area contributed by atoms with E-state index in [1.807, 2.05) is 24.3 Å². The lowest BCUT2D eigenvalue weighted by atomic mass is 10.1. The van der Waals surface area contributed by atoms with Gasteiger partial charge in [0, 0.05) is 24.2 Å². The predicted molar refractivity (Wildman–Crippen MR) is 98.3 cm³/mol. The number of nitrogens with one attached hydrogen (secondary N) is 2. The average molecular weight is 351 g/mol. The third kappa shape index (κ3) is 3.91. The van der Waals surface area contributed by atoms with Gasteiger partial charge in [-0.15, -0.1) is 0 Å². The van der Waals surface area contributed by atoms with Gasteiger partial charge < -0.3 is 4.90 Å². The Hall–Kier alpha value is -3.15. The van der Waals surface area contributed by atoms with Crippen LogP contribution in [0.2, 0.25) is 0 Å². The second kappa shape index (κ2) is 7.82. The highest BCUT2D eigenvalue weighted by Gasteiger charge is 2.35. The SMILES string of the molecule is CCc1ccc(N2CC(C(=O)NNC(=O)c3ccccc3)CC2=O)cc1. The molecule has 2 N–H and O–H groups in total. The summed E-state index contributed by atoms with van der Waals surface area (Å²) in [5, 5.41) is 0. The number of rotatable bonds is 4. The van der Waals surface area contributed by atoms with Gasteiger partial charge in [0.25, 0.3) is 5.91 Å². The number of amides is 3. The molecule has 6 heteroatoms. The van der Waals surface area contributed by atoms with Gasteiger partial charge in [-0.05, 0) is 36.2 Å². The molecule has 3 rings (SSSR count). The molecule has 0 radical (unpaired) electrons. The topological polar surface area (TPSA) is 78.5 Å². The van der Waals surface area contributed by atoms with Crippen molar-refractivity contribution in [1.29, 1.82) is 0 Å². The first-order chi connectivity index (χ1) is 12.6. The van der Waals surface area contributed by atoms with Crippen molar-refractivity contribution in [2.45, 2.75) is 19.8 Å². The van der Waals surface area contributed by atoms with Crippen molar-refractivity contribution >= 4 is 23.4 Å². The van der Waals surface area contributed by atoms with Crippen LogP contribution in [0.1, 0.15) is 29.3 Å². The van der Waals surface area contributed by atoms with Crippen molar-refractivity contribution in [3.8, 4) is 0 Å². The van der Waals surface area contributed by atoms with Crippen LogP contribution < -0.4 is 15.8 Å². The summed E-state index contributed by atoms with van der Waals surface area (Å²) in [7, 11) is 0. The normalized spacial score (nSPS) is 16.4. The number of aryl methyl sites for hydroxylation is 1. The third-order valence-electron chi connectivity index (χ3n) is 4.49. The molecule has 0 saturated carbocycles. The van der Waals surface area contributed by atoms with E-state index in [1.165, 1.54) is 5.56 Å². The zero-order chi connectivity index (χ0) is 18.5. The Kier molecular flexibility index (Phi) is 5.31. The maximum atomic E-state index is 12.3. The minimum atomic E-state index is -0.496. The summed E-state index contributed by atoms with van der Waals surface area (Å²) in [6.07, 6.45) is 1.06. The van der Waals surface area contributed by atoms with Crippen molar-refractivity contribution in [3.05, 3.63) is 65.7 Å². The molecular weight excluding hydrogens is 330 g/mol. The molecule has 1 aliphatic rings. The molecule has 1 atom stereocenters. The van der Waals surface area contributed by atoms with E-state index < -0.39 is 11.8 Å². The Morgan fingerprint density at radius 3 is 2.38 bits per heavy atom. The number of hydrogen-bond acceptors (Lipinski definition) is 3. The summed E-state index contributed by atoms with van der Waals surface area (Å²) in [6, 6.07) is 16.4. The van der Waals surface area contributed by atoms with Gasteiger partial charge in [-0.2, -0.15) is 0 Å². The zero-order valence-electron chi connectivity index (χ0n) is 14.6. The van der Waals surface area contributed by atoms with Crippen LogP contribution in [0.15, 0.2) is 54.6 Å². The summed E-state index contributed by atoms with van der Waals surface area (Å²) >= 11 is 0. The Morgan fingerprint density at radius 1 is 1.04 bits per heavy atom. The van der Waals surface area contributed by atoms with E-state index in [-0.39, 0.29) is 18.2 Å². The molecule has 0 aromatic heterocycles. The second-order valence-corrected chi connectivity index (χ2v) is 6.23. The van der Waals surface area contributed by atoms with Gasteiger partial charge in [0.2, 0.25) is 11.8 Å². The molecule has 1 unspecified atom stereocenters. The standard InChI is InChI=1S/C20H21N3O3/c1-2-14-8-10-17(11-9-14)23-13-16(12-18(23)24)20(26)22-21-19(25)15-6-4-3-5-7-15/h3-11,16H,2,12-13H2,1H3,(H,21,25)(H,22,26). The molecule has 0 bridgehead atoms. The predicted octanol–water partition coefficient (Wildman–Crippen LogP) is 2.06. The highest BCUT2D eigenvalue weighted by molar-refractivity contribution is 6.01. The molecule has 6 nitrogen and oxygen atoms in total. The number of hydrogen-bond donors (Lipinski definition) is 2. The van der Waals surface area contributed by atoms with Gasteiger partial charge in [0.15, 0.2) is 0 Å². The summed E-state index contributed by atoms with van der Waals surface area (Å²) < 4.78 is 0. The highest BCUT2D eigenvalue weighted by Crippen LogP contribution is 2.25. The quantitative estimate of drug-likeness (QED) is 0.828. The van der Waals surface area contributed by atoms with E-state index in [2.05, 4.69) is 17.8 Å². The number of nitrogens with zero attached hydrogens (tertiary/aromatic N) is 1. The van der Waals surface area contributed by atoms with E-state index in [1.54, 1.807) is 35.2 Å². The fourth-order valence-corrected chi connectivity index (χ4v) is 2.93. The minimum Gasteiger partial charge on any atom is -0.312 e. The second-order valence-electron chi connectivity index (χ2n) is 6.23. The fourth-order valence-electron chi connectivity index (χ4n) is 2.93. The van der Waals surface area contributed by atoms with Crippen LogP contribution in [0.3, 0.4) is 0 Å². The Balaban J connectivity index is 1.57. The first-order valence-corrected chi connectivity index (χ1v) is 8.63. The zero-order valence-corrected chi connectivity index (χ0v) is 14.6. The lowest BCUT2D eigenvalue weighted by molar-refractivity contribution is -0.126. The van der Waals surface area contributed by atoms with Crippen LogP contribution in [0.4, 0.5) is 5.69 Å². The van der Waals surface area contributed by atoms with Gasteiger partial charge >= 0.3 is 0 Å². The molecule has 0 spiro atoms. The molecule has 1 saturated heterocycles. The van der Waals surface area contributed by atoms with Gasteiger partial charge in [0.05, 0.1) is 5.92 Å². The molecule has 134 valence electrons. The number of benzene rings is 2. The van der Waals surface area contributed by atoms with Gasteiger partial charge in [0.1, 0.15) is 0 Å². The number of carbonyl (C=O) groups excluding carboxylic acids is 3. The average Bonchev–Trinajstić information content (AvgIpc) is 3.08. The first kappa shape index (κ1) is 17.7. The lowest BCUT2D eigenvalue weighted by Crippen LogP contribution is -2.45. The fraction of sp³-hybridized carbons (Fsp3) is 0.250. The number of anilines is 1. The van der Waals surface area contributed by atoms with Crippen LogP contribution in [-0.2, 0) is 16.0 Å².